The van der Waals surface area contributed by atoms with Gasteiger partial charge in [-0.05, 0) is 64.5 Å². The van der Waals surface area contributed by atoms with Crippen LogP contribution in [0.2, 0.25) is 5.02 Å². The Morgan fingerprint density at radius 3 is 2.62 bits per heavy atom. The van der Waals surface area contributed by atoms with Crippen LogP contribution in [0.4, 0.5) is 9.18 Å². The molecule has 0 aliphatic carbocycles. The smallest absolute Gasteiger partial charge is 0.293 e. The largest absolute Gasteiger partial charge is 0.493 e. The standard InChI is InChI=1S/C30H23ClFNO4S2/c1-36-26-16-19(17-28-29(34)33(30(35)39-28)18-22-23(31)9-5-10-24(22)32)12-13-25(26)37-14-15-38-27-11-4-7-20-6-2-3-8-21(20)27/h2-13,16-17H,14-15,18H2,1H3/b28-17-. The number of imide groups is 1. The molecule has 1 aliphatic rings. The third kappa shape index (κ3) is 6.08. The van der Waals surface area contributed by atoms with Gasteiger partial charge in [0.2, 0.25) is 0 Å². The summed E-state index contributed by atoms with van der Waals surface area (Å²) in [6.45, 7) is 0.238. The summed E-state index contributed by atoms with van der Waals surface area (Å²) in [7, 11) is 1.54. The highest BCUT2D eigenvalue weighted by atomic mass is 35.5. The Morgan fingerprint density at radius 1 is 1.00 bits per heavy atom. The summed E-state index contributed by atoms with van der Waals surface area (Å²) >= 11 is 8.60. The van der Waals surface area contributed by atoms with E-state index in [1.54, 1.807) is 43.1 Å². The van der Waals surface area contributed by atoms with Crippen molar-refractivity contribution in [2.24, 2.45) is 0 Å². The van der Waals surface area contributed by atoms with Crippen molar-refractivity contribution in [1.29, 1.82) is 0 Å². The van der Waals surface area contributed by atoms with Gasteiger partial charge in [0.25, 0.3) is 11.1 Å². The number of carbonyl (C=O) groups is 2. The summed E-state index contributed by atoms with van der Waals surface area (Å²) in [5, 5.41) is 2.10. The zero-order chi connectivity index (χ0) is 27.4. The molecule has 4 aromatic carbocycles. The number of halogens is 2. The fourth-order valence-electron chi connectivity index (χ4n) is 4.15. The lowest BCUT2D eigenvalue weighted by atomic mass is 10.1. The summed E-state index contributed by atoms with van der Waals surface area (Å²) < 4.78 is 25.7. The molecule has 5 nitrogen and oxygen atoms in total. The number of ether oxygens (including phenoxy) is 2. The molecule has 1 saturated heterocycles. The zero-order valence-electron chi connectivity index (χ0n) is 20.9. The van der Waals surface area contributed by atoms with Crippen molar-refractivity contribution in [3.63, 3.8) is 0 Å². The number of fused-ring (bicyclic) bond motifs is 1. The number of benzene rings is 4. The van der Waals surface area contributed by atoms with E-state index in [1.165, 1.54) is 33.9 Å². The summed E-state index contributed by atoms with van der Waals surface area (Å²) in [5.41, 5.74) is 0.767. The molecule has 2 amide bonds. The molecule has 39 heavy (non-hydrogen) atoms. The van der Waals surface area contributed by atoms with Crippen LogP contribution in [0.3, 0.4) is 0 Å². The highest BCUT2D eigenvalue weighted by Gasteiger charge is 2.36. The Hall–Kier alpha value is -3.46. The van der Waals surface area contributed by atoms with Crippen LogP contribution in [0.1, 0.15) is 11.1 Å². The first kappa shape index (κ1) is 27.1. The first-order valence-electron chi connectivity index (χ1n) is 12.0. The maximum Gasteiger partial charge on any atom is 0.293 e. The number of methoxy groups -OCH3 is 1. The number of thioether (sulfide) groups is 2. The lowest BCUT2D eigenvalue weighted by Crippen LogP contribution is -2.28. The Kier molecular flexibility index (Phi) is 8.45. The van der Waals surface area contributed by atoms with Crippen LogP contribution in [0, 0.1) is 5.82 Å². The van der Waals surface area contributed by atoms with Gasteiger partial charge in [-0.25, -0.2) is 4.39 Å². The third-order valence-corrected chi connectivity index (χ3v) is 8.38. The topological polar surface area (TPSA) is 55.8 Å². The first-order chi connectivity index (χ1) is 18.9. The Balaban J connectivity index is 1.23. The third-order valence-electron chi connectivity index (χ3n) is 6.09. The molecular weight excluding hydrogens is 557 g/mol. The van der Waals surface area contributed by atoms with Crippen LogP contribution >= 0.6 is 35.1 Å². The van der Waals surface area contributed by atoms with E-state index in [4.69, 9.17) is 21.1 Å². The molecule has 4 aromatic rings. The molecule has 0 saturated carbocycles. The van der Waals surface area contributed by atoms with E-state index in [0.717, 1.165) is 22.4 Å². The van der Waals surface area contributed by atoms with Crippen molar-refractivity contribution in [1.82, 2.24) is 4.90 Å². The lowest BCUT2D eigenvalue weighted by Gasteiger charge is -2.14. The van der Waals surface area contributed by atoms with Crippen molar-refractivity contribution in [2.75, 3.05) is 19.5 Å². The average Bonchev–Trinajstić information content (AvgIpc) is 3.20. The van der Waals surface area contributed by atoms with Gasteiger partial charge in [0.1, 0.15) is 5.82 Å². The highest BCUT2D eigenvalue weighted by molar-refractivity contribution is 8.18. The van der Waals surface area contributed by atoms with Crippen LogP contribution in [0.25, 0.3) is 16.8 Å². The molecule has 9 heteroatoms. The fourth-order valence-corrected chi connectivity index (χ4v) is 6.11. The van der Waals surface area contributed by atoms with Crippen molar-refractivity contribution in [3.8, 4) is 11.5 Å². The predicted octanol–water partition coefficient (Wildman–Crippen LogP) is 8.05. The predicted molar refractivity (Wildman–Crippen MR) is 156 cm³/mol. The van der Waals surface area contributed by atoms with Crippen molar-refractivity contribution in [3.05, 3.63) is 106 Å². The fraction of sp³-hybridized carbons (Fsp3) is 0.133. The quantitative estimate of drug-likeness (QED) is 0.114. The minimum Gasteiger partial charge on any atom is -0.493 e. The molecule has 0 radical (unpaired) electrons. The van der Waals surface area contributed by atoms with E-state index in [-0.39, 0.29) is 22.0 Å². The second-order valence-electron chi connectivity index (χ2n) is 8.55. The van der Waals surface area contributed by atoms with E-state index in [0.29, 0.717) is 23.7 Å². The van der Waals surface area contributed by atoms with E-state index < -0.39 is 17.0 Å². The van der Waals surface area contributed by atoms with E-state index in [2.05, 4.69) is 30.3 Å². The Morgan fingerprint density at radius 2 is 1.79 bits per heavy atom. The monoisotopic (exact) mass is 579 g/mol. The van der Waals surface area contributed by atoms with Gasteiger partial charge < -0.3 is 9.47 Å². The minimum atomic E-state index is -0.568. The molecule has 0 atom stereocenters. The lowest BCUT2D eigenvalue weighted by molar-refractivity contribution is -0.123. The van der Waals surface area contributed by atoms with Crippen LogP contribution in [-0.4, -0.2) is 35.5 Å². The molecular formula is C30H23ClFNO4S2. The maximum absolute atomic E-state index is 14.2. The summed E-state index contributed by atoms with van der Waals surface area (Å²) in [4.78, 5) is 27.9. The first-order valence-corrected chi connectivity index (χ1v) is 14.2. The van der Waals surface area contributed by atoms with Crippen molar-refractivity contribution < 1.29 is 23.5 Å². The maximum atomic E-state index is 14.2. The van der Waals surface area contributed by atoms with Gasteiger partial charge in [-0.15, -0.1) is 11.8 Å². The van der Waals surface area contributed by atoms with Crippen molar-refractivity contribution in [2.45, 2.75) is 11.4 Å². The molecule has 0 bridgehead atoms. The van der Waals surface area contributed by atoms with Gasteiger partial charge >= 0.3 is 0 Å². The number of amides is 2. The van der Waals surface area contributed by atoms with Gasteiger partial charge in [0, 0.05) is 21.2 Å². The summed E-state index contributed by atoms with van der Waals surface area (Å²) in [6, 6.07) is 24.1. The number of rotatable bonds is 9. The molecule has 5 rings (SSSR count). The van der Waals surface area contributed by atoms with Gasteiger partial charge in [0.05, 0.1) is 25.2 Å². The summed E-state index contributed by atoms with van der Waals surface area (Å²) in [5.74, 6) is 0.764. The normalized spacial score (nSPS) is 14.4. The molecule has 1 aliphatic heterocycles. The Labute approximate surface area is 238 Å². The van der Waals surface area contributed by atoms with Gasteiger partial charge in [-0.1, -0.05) is 60.1 Å². The molecule has 198 valence electrons. The molecule has 0 unspecified atom stereocenters. The van der Waals surface area contributed by atoms with Crippen molar-refractivity contribution >= 4 is 63.1 Å². The number of hydrogen-bond donors (Lipinski definition) is 0. The highest BCUT2D eigenvalue weighted by Crippen LogP contribution is 2.36. The summed E-state index contributed by atoms with van der Waals surface area (Å²) in [6.07, 6.45) is 1.61. The number of hydrogen-bond acceptors (Lipinski definition) is 6. The second-order valence-corrected chi connectivity index (χ2v) is 11.1. The van der Waals surface area contributed by atoms with E-state index in [1.807, 2.05) is 12.1 Å². The second kappa shape index (κ2) is 12.2. The van der Waals surface area contributed by atoms with Crippen LogP contribution in [0.5, 0.6) is 11.5 Å². The van der Waals surface area contributed by atoms with Crippen LogP contribution in [0.15, 0.2) is 88.7 Å². The minimum absolute atomic E-state index is 0.101. The number of nitrogens with zero attached hydrogens (tertiary/aromatic N) is 1. The van der Waals surface area contributed by atoms with Gasteiger partial charge in [0.15, 0.2) is 11.5 Å². The van der Waals surface area contributed by atoms with E-state index in [9.17, 15) is 14.0 Å². The van der Waals surface area contributed by atoms with Gasteiger partial charge in [-0.2, -0.15) is 0 Å². The SMILES string of the molecule is COc1cc(/C=C2\SC(=O)N(Cc3c(F)cccc3Cl)C2=O)ccc1OCCSc1cccc2ccccc12. The Bertz CT molecular complexity index is 1570. The molecule has 1 heterocycles. The molecule has 0 aromatic heterocycles. The zero-order valence-corrected chi connectivity index (χ0v) is 23.2. The van der Waals surface area contributed by atoms with Gasteiger partial charge in [-0.3, -0.25) is 14.5 Å². The van der Waals surface area contributed by atoms with Crippen LogP contribution in [-0.2, 0) is 11.3 Å². The van der Waals surface area contributed by atoms with Crippen LogP contribution < -0.4 is 9.47 Å². The molecule has 0 spiro atoms. The number of carbonyl (C=O) groups excluding carboxylic acids is 2. The molecule has 1 fully saturated rings. The van der Waals surface area contributed by atoms with E-state index >= 15 is 0 Å². The molecule has 0 N–H and O–H groups in total. The average molecular weight is 580 g/mol.